The normalized spacial score (nSPS) is 33.7. The van der Waals surface area contributed by atoms with E-state index in [9.17, 15) is 29.4 Å². The first-order valence-electron chi connectivity index (χ1n) is 12.0. The van der Waals surface area contributed by atoms with E-state index in [1.165, 1.54) is 11.3 Å². The number of thiazole rings is 1. The highest BCUT2D eigenvalue weighted by atomic mass is 32.2. The van der Waals surface area contributed by atoms with E-state index in [1.54, 1.807) is 23.9 Å². The van der Waals surface area contributed by atoms with E-state index in [4.69, 9.17) is 0 Å². The highest BCUT2D eigenvalue weighted by Crippen LogP contribution is 2.68. The fourth-order valence-electron chi connectivity index (χ4n) is 7.17. The third kappa shape index (κ3) is 3.25. The summed E-state index contributed by atoms with van der Waals surface area (Å²) in [6.07, 6.45) is 0.983. The van der Waals surface area contributed by atoms with Crippen LogP contribution in [0.5, 0.6) is 5.75 Å². The minimum Gasteiger partial charge on any atom is -0.508 e. The predicted octanol–water partition coefficient (Wildman–Crippen LogP) is 3.11. The number of carbonyl (C=O) groups is 3. The third-order valence-electron chi connectivity index (χ3n) is 8.30. The molecule has 1 aromatic heterocycles. The zero-order valence-electron chi connectivity index (χ0n) is 19.2. The number of phenolic OH excluding ortho intramolecular Hbond substituents is 1. The molecule has 1 aromatic carbocycles. The van der Waals surface area contributed by atoms with Gasteiger partial charge < -0.3 is 15.2 Å². The van der Waals surface area contributed by atoms with Gasteiger partial charge in [-0.2, -0.15) is 0 Å². The van der Waals surface area contributed by atoms with E-state index >= 15 is 0 Å². The number of likely N-dealkylation sites (tertiary alicyclic amines) is 1. The molecule has 0 radical (unpaired) electrons. The number of fused-ring (bicyclic) bond motifs is 9. The number of nitrogens with one attached hydrogen (secondary N) is 1. The second kappa shape index (κ2) is 7.96. The van der Waals surface area contributed by atoms with E-state index in [0.717, 1.165) is 26.8 Å². The molecule has 184 valence electrons. The Morgan fingerprint density at radius 3 is 2.40 bits per heavy atom. The number of phenols is 1. The number of aromatic hydroxyl groups is 1. The number of carboxylic acids is 1. The molecular formula is C25H26N2O6S2. The Morgan fingerprint density at radius 2 is 1.77 bits per heavy atom. The molecule has 2 aromatic rings. The van der Waals surface area contributed by atoms with Crippen molar-refractivity contribution in [2.45, 2.75) is 48.9 Å². The molecule has 2 bridgehead atoms. The molecule has 6 rings (SSSR count). The first-order chi connectivity index (χ1) is 16.7. The molecule has 3 heterocycles. The van der Waals surface area contributed by atoms with Gasteiger partial charge in [-0.15, -0.1) is 11.8 Å². The number of carbonyl (C=O) groups excluding carboxylic acids is 2. The summed E-state index contributed by atoms with van der Waals surface area (Å²) in [7, 11) is 0. The molecule has 3 N–H and O–H groups in total. The number of amides is 2. The average Bonchev–Trinajstić information content (AvgIpc) is 3.52. The zero-order valence-corrected chi connectivity index (χ0v) is 20.8. The van der Waals surface area contributed by atoms with Gasteiger partial charge in [-0.05, 0) is 54.2 Å². The minimum atomic E-state index is -1.14. The average molecular weight is 515 g/mol. The van der Waals surface area contributed by atoms with Crippen molar-refractivity contribution in [3.63, 3.8) is 0 Å². The van der Waals surface area contributed by atoms with Crippen molar-refractivity contribution in [3.05, 3.63) is 44.4 Å². The quantitative estimate of drug-likeness (QED) is 0.523. The molecule has 2 amide bonds. The lowest BCUT2D eigenvalue weighted by molar-refractivity contribution is -0.156. The summed E-state index contributed by atoms with van der Waals surface area (Å²) in [6, 6.07) is 5.85. The van der Waals surface area contributed by atoms with Gasteiger partial charge in [0.05, 0.1) is 16.9 Å². The van der Waals surface area contributed by atoms with Crippen LogP contribution in [-0.4, -0.2) is 49.2 Å². The Bertz CT molecular complexity index is 1280. The van der Waals surface area contributed by atoms with Crippen LogP contribution in [0.2, 0.25) is 0 Å². The first-order valence-corrected chi connectivity index (χ1v) is 13.6. The summed E-state index contributed by atoms with van der Waals surface area (Å²) in [5, 5.41) is 20.6. The van der Waals surface area contributed by atoms with Crippen LogP contribution >= 0.6 is 23.1 Å². The van der Waals surface area contributed by atoms with E-state index in [0.29, 0.717) is 0 Å². The van der Waals surface area contributed by atoms with E-state index in [-0.39, 0.29) is 63.7 Å². The Kier molecular flexibility index (Phi) is 5.20. The number of hydrogen-bond acceptors (Lipinski definition) is 7. The Labute approximate surface area is 209 Å². The van der Waals surface area contributed by atoms with Gasteiger partial charge in [0.25, 0.3) is 0 Å². The summed E-state index contributed by atoms with van der Waals surface area (Å²) < 4.78 is 0. The highest BCUT2D eigenvalue weighted by molar-refractivity contribution is 8.00. The van der Waals surface area contributed by atoms with Gasteiger partial charge in [-0.25, -0.2) is 4.79 Å². The standard InChI is InChI=1S/C25H26N2O6S2/c1-9(2)7-14(24(31)32)27-22(29)17-12-8-13(18(17)23(27)30)19-16(12)15(10-3-5-11(28)6-4-10)20-21(34-19)26-25(33)35-20/h3-6,9,12-19,28H,7-8H2,1-2H3,(H,26,33)(H,31,32)/t12-,13-,14-,15-,16-,17+,18-,19-/m1/s1. The second-order valence-electron chi connectivity index (χ2n) is 10.6. The van der Waals surface area contributed by atoms with E-state index in [1.807, 2.05) is 26.0 Å². The smallest absolute Gasteiger partial charge is 0.326 e. The summed E-state index contributed by atoms with van der Waals surface area (Å²) >= 11 is 2.78. The molecule has 8 atom stereocenters. The summed E-state index contributed by atoms with van der Waals surface area (Å²) in [4.78, 5) is 56.4. The molecule has 2 aliphatic heterocycles. The van der Waals surface area contributed by atoms with Crippen LogP contribution in [0.15, 0.2) is 34.1 Å². The third-order valence-corrected chi connectivity index (χ3v) is 10.9. The van der Waals surface area contributed by atoms with Crippen molar-refractivity contribution < 1.29 is 24.6 Å². The molecule has 35 heavy (non-hydrogen) atoms. The van der Waals surface area contributed by atoms with Crippen LogP contribution in [-0.2, 0) is 14.4 Å². The number of thioether (sulfide) groups is 1. The van der Waals surface area contributed by atoms with Gasteiger partial charge in [0.1, 0.15) is 11.8 Å². The lowest BCUT2D eigenvalue weighted by Crippen LogP contribution is -2.47. The Morgan fingerprint density at radius 1 is 1.11 bits per heavy atom. The Hall–Kier alpha value is -2.59. The van der Waals surface area contributed by atoms with Crippen molar-refractivity contribution in [1.29, 1.82) is 0 Å². The number of rotatable bonds is 5. The molecule has 10 heteroatoms. The molecule has 3 fully saturated rings. The lowest BCUT2D eigenvalue weighted by atomic mass is 9.68. The number of carboxylic acid groups (broad SMARTS) is 1. The van der Waals surface area contributed by atoms with Crippen LogP contribution in [0.4, 0.5) is 0 Å². The largest absolute Gasteiger partial charge is 0.508 e. The topological polar surface area (TPSA) is 128 Å². The van der Waals surface area contributed by atoms with Gasteiger partial charge in [-0.3, -0.25) is 19.3 Å². The number of aromatic nitrogens is 1. The van der Waals surface area contributed by atoms with Crippen molar-refractivity contribution in [2.24, 2.45) is 35.5 Å². The molecule has 1 saturated heterocycles. The maximum atomic E-state index is 13.7. The highest BCUT2D eigenvalue weighted by Gasteiger charge is 2.70. The van der Waals surface area contributed by atoms with Gasteiger partial charge in [0.15, 0.2) is 0 Å². The summed E-state index contributed by atoms with van der Waals surface area (Å²) in [5.74, 6) is -2.86. The predicted molar refractivity (Wildman–Crippen MR) is 129 cm³/mol. The van der Waals surface area contributed by atoms with E-state index < -0.39 is 23.8 Å². The monoisotopic (exact) mass is 514 g/mol. The molecule has 8 nitrogen and oxygen atoms in total. The van der Waals surface area contributed by atoms with Gasteiger partial charge in [0.2, 0.25) is 11.8 Å². The number of imide groups is 1. The Balaban J connectivity index is 1.42. The minimum absolute atomic E-state index is 0.0266. The summed E-state index contributed by atoms with van der Waals surface area (Å²) in [5.41, 5.74) is 0.968. The number of benzene rings is 1. The number of nitrogens with zero attached hydrogens (tertiary/aromatic N) is 1. The van der Waals surface area contributed by atoms with Crippen LogP contribution in [0, 0.1) is 35.5 Å². The van der Waals surface area contributed by atoms with Gasteiger partial charge in [-0.1, -0.05) is 37.3 Å². The molecule has 2 saturated carbocycles. The number of hydrogen-bond donors (Lipinski definition) is 3. The second-order valence-corrected chi connectivity index (χ2v) is 12.8. The molecular weight excluding hydrogens is 488 g/mol. The van der Waals surface area contributed by atoms with E-state index in [2.05, 4.69) is 4.98 Å². The lowest BCUT2D eigenvalue weighted by Gasteiger charge is -2.43. The fourth-order valence-corrected chi connectivity index (χ4v) is 10.1. The van der Waals surface area contributed by atoms with Crippen LogP contribution in [0.1, 0.15) is 43.0 Å². The van der Waals surface area contributed by atoms with Crippen molar-refractivity contribution in [2.75, 3.05) is 0 Å². The number of aromatic amines is 1. The molecule has 4 aliphatic rings. The van der Waals surface area contributed by atoms with Crippen molar-refractivity contribution >= 4 is 40.9 Å². The van der Waals surface area contributed by atoms with Crippen LogP contribution in [0.3, 0.4) is 0 Å². The van der Waals surface area contributed by atoms with Crippen molar-refractivity contribution in [3.8, 4) is 5.75 Å². The van der Waals surface area contributed by atoms with Crippen molar-refractivity contribution in [1.82, 2.24) is 9.88 Å². The molecule has 0 unspecified atom stereocenters. The van der Waals surface area contributed by atoms with Crippen LogP contribution in [0.25, 0.3) is 0 Å². The molecule has 0 spiro atoms. The van der Waals surface area contributed by atoms with Crippen LogP contribution < -0.4 is 4.87 Å². The zero-order chi connectivity index (χ0) is 24.8. The summed E-state index contributed by atoms with van der Waals surface area (Å²) in [6.45, 7) is 3.77. The number of H-pyrrole nitrogens is 1. The van der Waals surface area contributed by atoms with Gasteiger partial charge in [0, 0.05) is 16.0 Å². The SMILES string of the molecule is CC(C)C[C@H](C(=O)O)N1C(=O)[C@@H]2[C@H]3C[C@@H]([C@@H]2C1=O)[C@@H]1[C@@H](c2ccc(O)cc2)c2sc(=O)[nH]c2S[C@H]31. The number of aliphatic carboxylic acids is 1. The molecule has 2 aliphatic carbocycles. The first kappa shape index (κ1) is 22.8. The fraction of sp³-hybridized carbons (Fsp3) is 0.520. The maximum Gasteiger partial charge on any atom is 0.326 e. The maximum absolute atomic E-state index is 13.7. The van der Waals surface area contributed by atoms with Gasteiger partial charge >= 0.3 is 10.8 Å².